The third-order valence-electron chi connectivity index (χ3n) is 1.79. The van der Waals surface area contributed by atoms with Crippen molar-refractivity contribution in [1.29, 1.82) is 5.26 Å². The molecule has 86 valence electrons. The molecule has 0 radical (unpaired) electrons. The normalized spacial score (nSPS) is 12.2. The van der Waals surface area contributed by atoms with Gasteiger partial charge in [-0.25, -0.2) is 8.42 Å². The van der Waals surface area contributed by atoms with Gasteiger partial charge in [-0.1, -0.05) is 0 Å². The Kier molecular flexibility index (Phi) is 2.97. The van der Waals surface area contributed by atoms with Crippen molar-refractivity contribution in [3.05, 3.63) is 29.3 Å². The first kappa shape index (κ1) is 12.5. The van der Waals surface area contributed by atoms with Gasteiger partial charge >= 0.3 is 6.18 Å². The summed E-state index contributed by atoms with van der Waals surface area (Å²) in [6.45, 7) is 0. The van der Waals surface area contributed by atoms with E-state index in [1.807, 2.05) is 0 Å². The zero-order valence-corrected chi connectivity index (χ0v) is 8.85. The van der Waals surface area contributed by atoms with Gasteiger partial charge in [-0.3, -0.25) is 0 Å². The molecule has 7 heteroatoms. The third kappa shape index (κ3) is 2.73. The summed E-state index contributed by atoms with van der Waals surface area (Å²) < 4.78 is 59.3. The molecule has 0 heterocycles. The van der Waals surface area contributed by atoms with Crippen molar-refractivity contribution in [1.82, 2.24) is 0 Å². The Bertz CT molecular complexity index is 555. The van der Waals surface area contributed by atoms with Crippen LogP contribution in [-0.2, 0) is 16.0 Å². The molecule has 1 aromatic carbocycles. The minimum atomic E-state index is -4.67. The van der Waals surface area contributed by atoms with Crippen LogP contribution in [0, 0.1) is 11.3 Å². The van der Waals surface area contributed by atoms with Gasteiger partial charge in [0.1, 0.15) is 0 Å². The van der Waals surface area contributed by atoms with Gasteiger partial charge in [-0.05, 0) is 18.2 Å². The zero-order chi connectivity index (χ0) is 12.6. The summed E-state index contributed by atoms with van der Waals surface area (Å²) in [4.78, 5) is -0.515. The molecule has 0 aliphatic rings. The number of nitrogens with zero attached hydrogens (tertiary/aromatic N) is 1. The van der Waals surface area contributed by atoms with Gasteiger partial charge in [0, 0.05) is 6.26 Å². The minimum Gasteiger partial charge on any atom is -0.224 e. The van der Waals surface area contributed by atoms with Crippen molar-refractivity contribution >= 4 is 9.84 Å². The van der Waals surface area contributed by atoms with Crippen LogP contribution in [0.3, 0.4) is 0 Å². The second-order valence-electron chi connectivity index (χ2n) is 3.13. The second kappa shape index (κ2) is 3.79. The van der Waals surface area contributed by atoms with Crippen molar-refractivity contribution < 1.29 is 21.6 Å². The van der Waals surface area contributed by atoms with Gasteiger partial charge < -0.3 is 0 Å². The lowest BCUT2D eigenvalue weighted by molar-refractivity contribution is -0.137. The standard InChI is InChI=1S/C9H6F3NO2S/c1-16(14,15)8-3-6(5-13)2-7(4-8)9(10,11)12/h2-4H,1H3. The predicted octanol–water partition coefficient (Wildman–Crippen LogP) is 1.98. The minimum absolute atomic E-state index is 0.338. The summed E-state index contributed by atoms with van der Waals surface area (Å²) in [7, 11) is -3.77. The molecule has 1 rings (SSSR count). The van der Waals surface area contributed by atoms with E-state index in [2.05, 4.69) is 0 Å². The number of alkyl halides is 3. The van der Waals surface area contributed by atoms with Crippen molar-refractivity contribution in [2.24, 2.45) is 0 Å². The van der Waals surface area contributed by atoms with Gasteiger partial charge in [0.2, 0.25) is 0 Å². The molecule has 0 aromatic heterocycles. The van der Waals surface area contributed by atoms with E-state index < -0.39 is 26.5 Å². The van der Waals surface area contributed by atoms with Crippen LogP contribution in [0.5, 0.6) is 0 Å². The summed E-state index contributed by atoms with van der Waals surface area (Å²) in [6.07, 6.45) is -3.89. The Morgan fingerprint density at radius 2 is 1.81 bits per heavy atom. The van der Waals surface area contributed by atoms with Crippen LogP contribution in [0.4, 0.5) is 13.2 Å². The van der Waals surface area contributed by atoms with Crippen LogP contribution in [0.1, 0.15) is 11.1 Å². The average Bonchev–Trinajstić information content (AvgIpc) is 2.14. The molecule has 0 unspecified atom stereocenters. The molecule has 1 aromatic rings. The highest BCUT2D eigenvalue weighted by atomic mass is 32.2. The van der Waals surface area contributed by atoms with E-state index >= 15 is 0 Å². The lowest BCUT2D eigenvalue weighted by Crippen LogP contribution is -2.08. The maximum absolute atomic E-state index is 12.4. The molecule has 0 saturated carbocycles. The number of halogens is 3. The van der Waals surface area contributed by atoms with E-state index in [4.69, 9.17) is 5.26 Å². The average molecular weight is 249 g/mol. The number of sulfone groups is 1. The number of hydrogen-bond acceptors (Lipinski definition) is 3. The van der Waals surface area contributed by atoms with E-state index in [1.54, 1.807) is 0 Å². The topological polar surface area (TPSA) is 57.9 Å². The number of benzene rings is 1. The molecule has 0 bridgehead atoms. The van der Waals surface area contributed by atoms with E-state index in [0.717, 1.165) is 12.3 Å². The molecular weight excluding hydrogens is 243 g/mol. The van der Waals surface area contributed by atoms with Gasteiger partial charge in [0.25, 0.3) is 0 Å². The molecule has 0 atom stereocenters. The lowest BCUT2D eigenvalue weighted by atomic mass is 10.1. The van der Waals surface area contributed by atoms with E-state index in [0.29, 0.717) is 12.1 Å². The molecule has 0 amide bonds. The second-order valence-corrected chi connectivity index (χ2v) is 5.14. The first-order valence-corrected chi connectivity index (χ1v) is 5.86. The van der Waals surface area contributed by atoms with Crippen molar-refractivity contribution in [3.8, 4) is 6.07 Å². The van der Waals surface area contributed by atoms with Crippen LogP contribution >= 0.6 is 0 Å². The summed E-state index contributed by atoms with van der Waals surface area (Å²) >= 11 is 0. The summed E-state index contributed by atoms with van der Waals surface area (Å²) in [5.74, 6) is 0. The summed E-state index contributed by atoms with van der Waals surface area (Å²) in [5, 5.41) is 8.51. The van der Waals surface area contributed by atoms with Crippen molar-refractivity contribution in [3.63, 3.8) is 0 Å². The zero-order valence-electron chi connectivity index (χ0n) is 8.04. The highest BCUT2D eigenvalue weighted by Gasteiger charge is 2.32. The number of nitriles is 1. The van der Waals surface area contributed by atoms with Crippen LogP contribution in [0.2, 0.25) is 0 Å². The van der Waals surface area contributed by atoms with Crippen molar-refractivity contribution in [2.75, 3.05) is 6.26 Å². The van der Waals surface area contributed by atoms with Gasteiger partial charge in [0.15, 0.2) is 9.84 Å². The highest BCUT2D eigenvalue weighted by Crippen LogP contribution is 2.31. The molecule has 3 nitrogen and oxygen atoms in total. The maximum atomic E-state index is 12.4. The van der Waals surface area contributed by atoms with Gasteiger partial charge in [0.05, 0.1) is 22.1 Å². The fourth-order valence-corrected chi connectivity index (χ4v) is 1.72. The van der Waals surface area contributed by atoms with Crippen LogP contribution in [0.25, 0.3) is 0 Å². The smallest absolute Gasteiger partial charge is 0.224 e. The Morgan fingerprint density at radius 1 is 1.25 bits per heavy atom. The molecule has 0 N–H and O–H groups in total. The largest absolute Gasteiger partial charge is 0.416 e. The monoisotopic (exact) mass is 249 g/mol. The SMILES string of the molecule is CS(=O)(=O)c1cc(C#N)cc(C(F)(F)F)c1. The quantitative estimate of drug-likeness (QED) is 0.764. The fraction of sp³-hybridized carbons (Fsp3) is 0.222. The number of rotatable bonds is 1. The predicted molar refractivity (Wildman–Crippen MR) is 49.3 cm³/mol. The van der Waals surface area contributed by atoms with Crippen molar-refractivity contribution in [2.45, 2.75) is 11.1 Å². The van der Waals surface area contributed by atoms with Gasteiger partial charge in [-0.2, -0.15) is 18.4 Å². The van der Waals surface area contributed by atoms with Crippen LogP contribution in [0.15, 0.2) is 23.1 Å². The van der Waals surface area contributed by atoms with Gasteiger partial charge in [-0.15, -0.1) is 0 Å². The Morgan fingerprint density at radius 3 is 2.19 bits per heavy atom. The fourth-order valence-electron chi connectivity index (χ4n) is 1.04. The lowest BCUT2D eigenvalue weighted by Gasteiger charge is -2.08. The molecule has 0 aliphatic heterocycles. The molecule has 0 fully saturated rings. The first-order valence-electron chi connectivity index (χ1n) is 3.97. The number of hydrogen-bond donors (Lipinski definition) is 0. The molecule has 16 heavy (non-hydrogen) atoms. The Labute approximate surface area is 90.0 Å². The summed E-state index contributed by atoms with van der Waals surface area (Å²) in [5.41, 5.74) is -1.48. The third-order valence-corrected chi connectivity index (χ3v) is 2.88. The first-order chi connectivity index (χ1) is 7.14. The van der Waals surface area contributed by atoms with E-state index in [-0.39, 0.29) is 5.56 Å². The summed E-state index contributed by atoms with van der Waals surface area (Å²) in [6, 6.07) is 3.51. The molecular formula is C9H6F3NO2S. The maximum Gasteiger partial charge on any atom is 0.416 e. The Hall–Kier alpha value is -1.55. The molecule has 0 spiro atoms. The van der Waals surface area contributed by atoms with E-state index in [1.165, 1.54) is 6.07 Å². The Balaban J connectivity index is 3.53. The molecule has 0 aliphatic carbocycles. The molecule has 0 saturated heterocycles. The van der Waals surface area contributed by atoms with Crippen LogP contribution < -0.4 is 0 Å². The highest BCUT2D eigenvalue weighted by molar-refractivity contribution is 7.90. The van der Waals surface area contributed by atoms with E-state index in [9.17, 15) is 21.6 Å². The van der Waals surface area contributed by atoms with Crippen LogP contribution in [-0.4, -0.2) is 14.7 Å².